The minimum Gasteiger partial charge on any atom is -0.352 e. The number of amides is 2. The lowest BCUT2D eigenvalue weighted by atomic mass is 9.90. The van der Waals surface area contributed by atoms with Crippen molar-refractivity contribution in [2.45, 2.75) is 44.8 Å². The van der Waals surface area contributed by atoms with Crippen LogP contribution in [0.1, 0.15) is 38.8 Å². The highest BCUT2D eigenvalue weighted by Gasteiger charge is 2.51. The van der Waals surface area contributed by atoms with Gasteiger partial charge in [-0.1, -0.05) is 23.7 Å². The number of nitrogens with one attached hydrogen (secondary N) is 1. The first-order chi connectivity index (χ1) is 12.2. The first-order valence-corrected chi connectivity index (χ1v) is 9.75. The van der Waals surface area contributed by atoms with E-state index in [9.17, 15) is 9.59 Å². The molecule has 1 aliphatic heterocycles. The third-order valence-electron chi connectivity index (χ3n) is 4.86. The van der Waals surface area contributed by atoms with E-state index in [0.29, 0.717) is 18.0 Å². The summed E-state index contributed by atoms with van der Waals surface area (Å²) < 4.78 is 0. The van der Waals surface area contributed by atoms with Gasteiger partial charge in [-0.2, -0.15) is 0 Å². The number of nitrogens with zero attached hydrogens (tertiary/aromatic N) is 2. The fourth-order valence-electron chi connectivity index (χ4n) is 3.65. The Hall–Kier alpha value is -1.30. The molecule has 1 fully saturated rings. The van der Waals surface area contributed by atoms with Crippen LogP contribution in [0.2, 0.25) is 5.02 Å². The highest BCUT2D eigenvalue weighted by atomic mass is 35.5. The van der Waals surface area contributed by atoms with Gasteiger partial charge in [-0.15, -0.1) is 11.6 Å². The Morgan fingerprint density at radius 2 is 1.88 bits per heavy atom. The van der Waals surface area contributed by atoms with Gasteiger partial charge >= 0.3 is 0 Å². The summed E-state index contributed by atoms with van der Waals surface area (Å²) in [5, 5.41) is 3.63. The maximum absolute atomic E-state index is 13.2. The molecule has 144 valence electrons. The standard InChI is InChI=1S/C19H27Cl2N3O2/c1-13(2)22-18(26)19(9-10-23(4)12-19)24(17(25)11-20)14(3)15-5-7-16(21)8-6-15/h5-8,13-14H,9-12H2,1-4H3,(H,22,26)/t14-,19?/m0/s1. The minimum absolute atomic E-state index is 0.0101. The van der Waals surface area contributed by atoms with Gasteiger partial charge in [-0.05, 0) is 51.9 Å². The summed E-state index contributed by atoms with van der Waals surface area (Å²) in [6, 6.07) is 7.03. The van der Waals surface area contributed by atoms with Gasteiger partial charge in [0.15, 0.2) is 0 Å². The average Bonchev–Trinajstić information content (AvgIpc) is 2.97. The number of rotatable bonds is 6. The van der Waals surface area contributed by atoms with Gasteiger partial charge in [0.2, 0.25) is 11.8 Å². The summed E-state index contributed by atoms with van der Waals surface area (Å²) >= 11 is 11.9. The second-order valence-electron chi connectivity index (χ2n) is 7.27. The Morgan fingerprint density at radius 1 is 1.27 bits per heavy atom. The Kier molecular flexibility index (Phi) is 6.94. The smallest absolute Gasteiger partial charge is 0.247 e. The van der Waals surface area contributed by atoms with Gasteiger partial charge < -0.3 is 15.1 Å². The van der Waals surface area contributed by atoms with E-state index in [0.717, 1.165) is 12.1 Å². The molecule has 0 radical (unpaired) electrons. The largest absolute Gasteiger partial charge is 0.352 e. The molecule has 1 unspecified atom stereocenters. The molecular weight excluding hydrogens is 373 g/mol. The summed E-state index contributed by atoms with van der Waals surface area (Å²) in [4.78, 5) is 29.8. The van der Waals surface area contributed by atoms with E-state index >= 15 is 0 Å². The van der Waals surface area contributed by atoms with Crippen LogP contribution < -0.4 is 5.32 Å². The lowest BCUT2D eigenvalue weighted by Crippen LogP contribution is -2.63. The quantitative estimate of drug-likeness (QED) is 0.747. The Morgan fingerprint density at radius 3 is 2.35 bits per heavy atom. The zero-order valence-corrected chi connectivity index (χ0v) is 17.3. The maximum atomic E-state index is 13.2. The topological polar surface area (TPSA) is 52.7 Å². The summed E-state index contributed by atoms with van der Waals surface area (Å²) in [7, 11) is 1.96. The van der Waals surface area contributed by atoms with Gasteiger partial charge in [0.25, 0.3) is 0 Å². The molecule has 7 heteroatoms. The van der Waals surface area contributed by atoms with Crippen molar-refractivity contribution in [1.29, 1.82) is 0 Å². The molecule has 2 atom stereocenters. The molecule has 0 spiro atoms. The number of hydrogen-bond donors (Lipinski definition) is 1. The molecule has 1 heterocycles. The number of alkyl halides is 1. The monoisotopic (exact) mass is 399 g/mol. The van der Waals surface area contributed by atoms with Crippen molar-refractivity contribution in [3.05, 3.63) is 34.9 Å². The fraction of sp³-hybridized carbons (Fsp3) is 0.579. The average molecular weight is 400 g/mol. The molecule has 0 bridgehead atoms. The number of carbonyl (C=O) groups excluding carboxylic acids is 2. The van der Waals surface area contributed by atoms with E-state index in [2.05, 4.69) is 10.2 Å². The summed E-state index contributed by atoms with van der Waals surface area (Å²) in [6.07, 6.45) is 0.572. The number of halogens is 2. The maximum Gasteiger partial charge on any atom is 0.247 e. The second-order valence-corrected chi connectivity index (χ2v) is 7.98. The van der Waals surface area contributed by atoms with E-state index < -0.39 is 5.54 Å². The minimum atomic E-state index is -0.940. The van der Waals surface area contributed by atoms with E-state index in [1.807, 2.05) is 40.0 Å². The fourth-order valence-corrected chi connectivity index (χ4v) is 3.90. The van der Waals surface area contributed by atoms with E-state index in [1.54, 1.807) is 17.0 Å². The SMILES string of the molecule is CC(C)NC(=O)C1(N(C(=O)CCl)[C@@H](C)c2ccc(Cl)cc2)CCN(C)C1. The molecule has 26 heavy (non-hydrogen) atoms. The molecule has 0 aliphatic carbocycles. The van der Waals surface area contributed by atoms with Crippen LogP contribution in [0.25, 0.3) is 0 Å². The van der Waals surface area contributed by atoms with Crippen LogP contribution in [-0.2, 0) is 9.59 Å². The Balaban J connectivity index is 2.48. The summed E-state index contributed by atoms with van der Waals surface area (Å²) in [5.74, 6) is -0.544. The number of likely N-dealkylation sites (tertiary alicyclic amines) is 1. The molecule has 5 nitrogen and oxygen atoms in total. The van der Waals surface area contributed by atoms with E-state index in [4.69, 9.17) is 23.2 Å². The third-order valence-corrected chi connectivity index (χ3v) is 5.35. The zero-order chi connectivity index (χ0) is 19.5. The van der Waals surface area contributed by atoms with Crippen molar-refractivity contribution >= 4 is 35.0 Å². The molecule has 1 N–H and O–H groups in total. The molecule has 2 amide bonds. The van der Waals surface area contributed by atoms with Crippen LogP contribution in [0.5, 0.6) is 0 Å². The van der Waals surface area contributed by atoms with Crippen LogP contribution in [0.15, 0.2) is 24.3 Å². The number of hydrogen-bond acceptors (Lipinski definition) is 3. The van der Waals surface area contributed by atoms with Crippen molar-refractivity contribution in [1.82, 2.24) is 15.1 Å². The highest BCUT2D eigenvalue weighted by Crippen LogP contribution is 2.36. The number of likely N-dealkylation sites (N-methyl/N-ethyl adjacent to an activating group) is 1. The van der Waals surface area contributed by atoms with Gasteiger partial charge in [0, 0.05) is 24.2 Å². The number of carbonyl (C=O) groups is 2. The molecule has 0 saturated carbocycles. The number of benzene rings is 1. The van der Waals surface area contributed by atoms with E-state index in [1.165, 1.54) is 0 Å². The first-order valence-electron chi connectivity index (χ1n) is 8.84. The predicted molar refractivity (Wildman–Crippen MR) is 106 cm³/mol. The predicted octanol–water partition coefficient (Wildman–Crippen LogP) is 3.07. The van der Waals surface area contributed by atoms with Gasteiger partial charge in [0.05, 0.1) is 6.04 Å². The summed E-state index contributed by atoms with van der Waals surface area (Å²) in [5.41, 5.74) is -0.0246. The zero-order valence-electron chi connectivity index (χ0n) is 15.8. The molecular formula is C19H27Cl2N3O2. The Labute approximate surface area is 165 Å². The van der Waals surface area contributed by atoms with Crippen LogP contribution in [0.3, 0.4) is 0 Å². The second kappa shape index (κ2) is 8.59. The first kappa shape index (κ1) is 21.0. The molecule has 1 aromatic carbocycles. The third kappa shape index (κ3) is 4.33. The lowest BCUT2D eigenvalue weighted by Gasteiger charge is -2.44. The normalized spacial score (nSPS) is 21.7. The van der Waals surface area contributed by atoms with Gasteiger partial charge in [-0.3, -0.25) is 9.59 Å². The lowest BCUT2D eigenvalue weighted by molar-refractivity contribution is -0.149. The van der Waals surface area contributed by atoms with Crippen molar-refractivity contribution in [3.63, 3.8) is 0 Å². The molecule has 0 aromatic heterocycles. The molecule has 1 aliphatic rings. The van der Waals surface area contributed by atoms with Crippen LogP contribution >= 0.6 is 23.2 Å². The van der Waals surface area contributed by atoms with Crippen molar-refractivity contribution < 1.29 is 9.59 Å². The van der Waals surface area contributed by atoms with E-state index in [-0.39, 0.29) is 29.8 Å². The van der Waals surface area contributed by atoms with Gasteiger partial charge in [0.1, 0.15) is 11.4 Å². The van der Waals surface area contributed by atoms with Gasteiger partial charge in [-0.25, -0.2) is 0 Å². The van der Waals surface area contributed by atoms with Crippen LogP contribution in [0, 0.1) is 0 Å². The molecule has 1 saturated heterocycles. The summed E-state index contributed by atoms with van der Waals surface area (Å²) in [6.45, 7) is 6.98. The van der Waals surface area contributed by atoms with Crippen molar-refractivity contribution in [3.8, 4) is 0 Å². The van der Waals surface area contributed by atoms with Crippen molar-refractivity contribution in [2.75, 3.05) is 26.0 Å². The van der Waals surface area contributed by atoms with Crippen LogP contribution in [0.4, 0.5) is 0 Å². The van der Waals surface area contributed by atoms with Crippen LogP contribution in [-0.4, -0.2) is 59.2 Å². The Bertz CT molecular complexity index is 651. The highest BCUT2D eigenvalue weighted by molar-refractivity contribution is 6.30. The molecule has 2 rings (SSSR count). The van der Waals surface area contributed by atoms with Crippen molar-refractivity contribution in [2.24, 2.45) is 0 Å². The molecule has 1 aromatic rings.